The summed E-state index contributed by atoms with van der Waals surface area (Å²) in [5.74, 6) is 0.729. The quantitative estimate of drug-likeness (QED) is 0.0581. The van der Waals surface area contributed by atoms with Gasteiger partial charge in [0.25, 0.3) is 0 Å². The van der Waals surface area contributed by atoms with Crippen LogP contribution < -0.4 is 18.9 Å². The Labute approximate surface area is 405 Å². The maximum Gasteiger partial charge on any atom is 0.347 e. The maximum absolute atomic E-state index is 14.3. The Morgan fingerprint density at radius 2 is 1.66 bits per heavy atom. The molecule has 0 radical (unpaired) electrons. The molecule has 0 aliphatic heterocycles. The second kappa shape index (κ2) is 21.4. The summed E-state index contributed by atoms with van der Waals surface area (Å²) < 4.78 is 50.6. The highest BCUT2D eigenvalue weighted by molar-refractivity contribution is 7.22. The summed E-state index contributed by atoms with van der Waals surface area (Å²) in [6, 6.07) is 23.4. The van der Waals surface area contributed by atoms with Crippen molar-refractivity contribution in [1.82, 2.24) is 19.9 Å². The third-order valence-corrected chi connectivity index (χ3v) is 17.9. The lowest BCUT2D eigenvalue weighted by Crippen LogP contribution is -2.43. The minimum atomic E-state index is -2.10. The van der Waals surface area contributed by atoms with E-state index in [1.54, 1.807) is 50.6 Å². The third kappa shape index (κ3) is 11.4. The number of esters is 1. The molecule has 2 N–H and O–H groups in total. The summed E-state index contributed by atoms with van der Waals surface area (Å²) in [6.07, 6.45) is 0.695. The van der Waals surface area contributed by atoms with Gasteiger partial charge in [-0.1, -0.05) is 62.7 Å². The molecule has 1 unspecified atom stereocenters. The van der Waals surface area contributed by atoms with E-state index in [0.717, 1.165) is 0 Å². The lowest BCUT2D eigenvalue weighted by molar-refractivity contribution is -0.151. The molecule has 7 aromatic rings. The summed E-state index contributed by atoms with van der Waals surface area (Å²) in [7, 11) is -0.521. The van der Waals surface area contributed by atoms with E-state index in [-0.39, 0.29) is 49.5 Å². The van der Waals surface area contributed by atoms with E-state index in [4.69, 9.17) is 44.7 Å². The zero-order valence-corrected chi connectivity index (χ0v) is 41.7. The molecule has 68 heavy (non-hydrogen) atoms. The number of carbonyl (C=O) groups excluding carboxylic acids is 1. The van der Waals surface area contributed by atoms with E-state index in [9.17, 15) is 19.4 Å². The molecule has 17 heteroatoms. The van der Waals surface area contributed by atoms with Gasteiger partial charge in [0, 0.05) is 28.6 Å². The predicted molar refractivity (Wildman–Crippen MR) is 264 cm³/mol. The number of ether oxygens (including phenoxy) is 5. The fourth-order valence-electron chi connectivity index (χ4n) is 7.05. The molecule has 0 aliphatic rings. The lowest BCUT2D eigenvalue weighted by atomic mass is 9.96. The Morgan fingerprint density at radius 1 is 0.912 bits per heavy atom. The molecule has 3 aromatic heterocycles. The summed E-state index contributed by atoms with van der Waals surface area (Å²) >= 11 is 8.40. The predicted octanol–water partition coefficient (Wildman–Crippen LogP) is 11.2. The molecule has 0 spiro atoms. The van der Waals surface area contributed by atoms with Crippen molar-refractivity contribution < 1.29 is 47.5 Å². The van der Waals surface area contributed by atoms with Crippen LogP contribution in [0.2, 0.25) is 23.2 Å². The number of methoxy groups -OCH3 is 1. The molecule has 7 rings (SSSR count). The van der Waals surface area contributed by atoms with Gasteiger partial charge in [-0.05, 0) is 103 Å². The van der Waals surface area contributed by atoms with Crippen LogP contribution in [0, 0.1) is 12.7 Å². The average Bonchev–Trinajstić information content (AvgIpc) is 3.71. The number of rotatable bonds is 19. The number of fused-ring (bicyclic) bond motifs is 1. The minimum absolute atomic E-state index is 0.0212. The number of nitrogens with zero attached hydrogens (tertiary/aromatic N) is 4. The smallest absolute Gasteiger partial charge is 0.347 e. The van der Waals surface area contributed by atoms with Gasteiger partial charge in [0.15, 0.2) is 14.1 Å². The first-order chi connectivity index (χ1) is 32.5. The van der Waals surface area contributed by atoms with Crippen molar-refractivity contribution in [2.45, 2.75) is 78.0 Å². The Hall–Kier alpha value is -6.17. The highest BCUT2D eigenvalue weighted by Gasteiger charge is 2.37. The number of benzene rings is 4. The minimum Gasteiger partial charge on any atom is -0.508 e. The van der Waals surface area contributed by atoms with Gasteiger partial charge in [0.2, 0.25) is 12.0 Å². The van der Waals surface area contributed by atoms with Gasteiger partial charge < -0.3 is 38.3 Å². The molecule has 0 amide bonds. The van der Waals surface area contributed by atoms with Gasteiger partial charge in [0.05, 0.1) is 42.0 Å². The second-order valence-electron chi connectivity index (χ2n) is 17.5. The molecule has 2 atom stereocenters. The van der Waals surface area contributed by atoms with Crippen molar-refractivity contribution in [2.75, 3.05) is 26.9 Å². The number of aliphatic hydroxyl groups is 1. The summed E-state index contributed by atoms with van der Waals surface area (Å²) in [6.45, 7) is 14.4. The van der Waals surface area contributed by atoms with Crippen LogP contribution in [-0.4, -0.2) is 83.6 Å². The molecular formula is C51H54ClFN4O9SSi. The normalized spacial score (nSPS) is 12.7. The van der Waals surface area contributed by atoms with E-state index in [0.29, 0.717) is 82.3 Å². The van der Waals surface area contributed by atoms with Gasteiger partial charge in [-0.15, -0.1) is 11.3 Å². The number of hydrogen-bond acceptors (Lipinski definition) is 14. The SMILES string of the molecule is CCOC(=O)C(Cc1cc(O)ccc1OCc1ccnc(-c2ccccc2OC)n1)Oc1ncnc2sc(-c3ccc(F)cc3)c(-c3ccc(OC[C@H](O)CO[Si](C)(C)C(C)(C)C)c(Cl)c3C)c12. The van der Waals surface area contributed by atoms with E-state index < -0.39 is 32.3 Å². The number of para-hydroxylation sites is 1. The molecule has 0 saturated carbocycles. The van der Waals surface area contributed by atoms with Crippen molar-refractivity contribution in [1.29, 1.82) is 0 Å². The molecule has 0 saturated heterocycles. The van der Waals surface area contributed by atoms with Crippen LogP contribution in [0.5, 0.6) is 28.9 Å². The molecule has 13 nitrogen and oxygen atoms in total. The number of aliphatic hydroxyl groups excluding tert-OH is 1. The van der Waals surface area contributed by atoms with E-state index in [1.807, 2.05) is 37.3 Å². The van der Waals surface area contributed by atoms with Gasteiger partial charge in [-0.3, -0.25) is 0 Å². The number of hydrogen-bond donors (Lipinski definition) is 2. The van der Waals surface area contributed by atoms with Crippen molar-refractivity contribution >= 4 is 47.4 Å². The molecule has 0 aliphatic carbocycles. The molecule has 356 valence electrons. The van der Waals surface area contributed by atoms with Crippen molar-refractivity contribution in [3.8, 4) is 61.8 Å². The number of carbonyl (C=O) groups is 1. The van der Waals surface area contributed by atoms with Crippen LogP contribution in [0.4, 0.5) is 4.39 Å². The summed E-state index contributed by atoms with van der Waals surface area (Å²) in [5.41, 5.74) is 4.36. The highest BCUT2D eigenvalue weighted by atomic mass is 35.5. The molecule has 0 fully saturated rings. The van der Waals surface area contributed by atoms with Gasteiger partial charge in [-0.2, -0.15) is 0 Å². The number of thiophene rings is 1. The maximum atomic E-state index is 14.3. The number of aromatic hydroxyl groups is 1. The molecular weight excluding hydrogens is 927 g/mol. The second-order valence-corrected chi connectivity index (χ2v) is 23.7. The van der Waals surface area contributed by atoms with Gasteiger partial charge in [-0.25, -0.2) is 29.1 Å². The number of phenolic OH excluding ortho intramolecular Hbond substituents is 1. The highest BCUT2D eigenvalue weighted by Crippen LogP contribution is 2.50. The summed E-state index contributed by atoms with van der Waals surface area (Å²) in [5, 5.41) is 22.3. The standard InChI is InChI=1S/C51H54ClFN4O9SSi/c1-9-62-50(60)42(25-32-24-35(58)18-20-39(32)63-26-34-22-23-54-47(57-34)38-12-10-11-13-40(38)61-6)66-48-44-43(46(67-49(44)56-29-55-48)31-14-16-33(53)17-15-31)37-19-21-41(45(52)30(37)2)64-27-36(59)28-65-68(7,8)51(3,4)5/h10-24,29,36,42,58-59H,9,25-28H2,1-8H3/t36-,42?/m0/s1. The van der Waals surface area contributed by atoms with E-state index in [1.165, 1.54) is 41.9 Å². The van der Waals surface area contributed by atoms with Crippen molar-refractivity contribution in [2.24, 2.45) is 0 Å². The first kappa shape index (κ1) is 49.7. The average molecular weight is 982 g/mol. The number of aromatic nitrogens is 4. The van der Waals surface area contributed by atoms with Crippen LogP contribution in [0.1, 0.15) is 44.5 Å². The van der Waals surface area contributed by atoms with Gasteiger partial charge >= 0.3 is 5.97 Å². The molecule has 4 aromatic carbocycles. The fourth-order valence-corrected chi connectivity index (χ4v) is 9.47. The topological polar surface area (TPSA) is 164 Å². The van der Waals surface area contributed by atoms with E-state index in [2.05, 4.69) is 48.8 Å². The third-order valence-electron chi connectivity index (χ3n) is 11.7. The Bertz CT molecular complexity index is 2900. The number of phenols is 1. The van der Waals surface area contributed by atoms with Crippen LogP contribution in [-0.2, 0) is 27.0 Å². The Balaban J connectivity index is 1.22. The van der Waals surface area contributed by atoms with E-state index >= 15 is 0 Å². The van der Waals surface area contributed by atoms with Crippen LogP contribution >= 0.6 is 22.9 Å². The molecule has 3 heterocycles. The Kier molecular flexibility index (Phi) is 15.7. The van der Waals surface area contributed by atoms with Crippen molar-refractivity contribution in [3.05, 3.63) is 125 Å². The fraction of sp³-hybridized carbons (Fsp3) is 0.314. The lowest BCUT2D eigenvalue weighted by Gasteiger charge is -2.36. The zero-order chi connectivity index (χ0) is 48.8. The van der Waals surface area contributed by atoms with Crippen LogP contribution in [0.15, 0.2) is 97.5 Å². The number of halogens is 2. The molecule has 0 bridgehead atoms. The largest absolute Gasteiger partial charge is 0.508 e. The zero-order valence-electron chi connectivity index (χ0n) is 39.1. The van der Waals surface area contributed by atoms with Crippen LogP contribution in [0.25, 0.3) is 43.2 Å². The van der Waals surface area contributed by atoms with Crippen LogP contribution in [0.3, 0.4) is 0 Å². The van der Waals surface area contributed by atoms with Gasteiger partial charge in [0.1, 0.15) is 59.3 Å². The van der Waals surface area contributed by atoms with Crippen molar-refractivity contribution in [3.63, 3.8) is 0 Å². The monoisotopic (exact) mass is 980 g/mol. The first-order valence-corrected chi connectivity index (χ1v) is 26.1. The first-order valence-electron chi connectivity index (χ1n) is 22.0. The Morgan fingerprint density at radius 3 is 2.40 bits per heavy atom. The summed E-state index contributed by atoms with van der Waals surface area (Å²) in [4.78, 5) is 33.4.